The van der Waals surface area contributed by atoms with Crippen molar-refractivity contribution in [3.8, 4) is 23.0 Å². The van der Waals surface area contributed by atoms with E-state index in [0.29, 0.717) is 27.8 Å². The van der Waals surface area contributed by atoms with Crippen LogP contribution < -0.4 is 14.2 Å². The molecule has 5 nitrogen and oxygen atoms in total. The average molecular weight is 553 g/mol. The van der Waals surface area contributed by atoms with Crippen molar-refractivity contribution >= 4 is 52.3 Å². The first-order chi connectivity index (χ1) is 16.9. The van der Waals surface area contributed by atoms with Crippen molar-refractivity contribution < 1.29 is 19.0 Å². The van der Waals surface area contributed by atoms with Crippen molar-refractivity contribution in [2.24, 2.45) is 5.16 Å². The summed E-state index contributed by atoms with van der Waals surface area (Å²) < 4.78 is 17.1. The smallest absolute Gasteiger partial charge is 0.146 e. The Labute approximate surface area is 224 Å². The largest absolute Gasteiger partial charge is 0.494 e. The molecule has 0 radical (unpaired) electrons. The Bertz CT molecular complexity index is 1180. The Morgan fingerprint density at radius 1 is 0.971 bits per heavy atom. The summed E-state index contributed by atoms with van der Waals surface area (Å²) in [7, 11) is 1.54. The maximum Gasteiger partial charge on any atom is 0.146 e. The lowest BCUT2D eigenvalue weighted by molar-refractivity contribution is 0.130. The number of thioether (sulfide) groups is 1. The maximum atomic E-state index is 6.36. The number of oxime groups is 1. The molecule has 3 aromatic rings. The molecule has 9 heteroatoms. The summed E-state index contributed by atoms with van der Waals surface area (Å²) in [6.45, 7) is 2.28. The monoisotopic (exact) mass is 551 g/mol. The molecule has 0 spiro atoms. The third-order valence-electron chi connectivity index (χ3n) is 4.75. The van der Waals surface area contributed by atoms with Crippen LogP contribution in [0.15, 0.2) is 81.3 Å². The zero-order valence-electron chi connectivity index (χ0n) is 19.4. The van der Waals surface area contributed by atoms with Gasteiger partial charge in [-0.05, 0) is 67.3 Å². The van der Waals surface area contributed by atoms with Gasteiger partial charge in [0, 0.05) is 16.5 Å². The zero-order valence-corrected chi connectivity index (χ0v) is 22.5. The number of hydrogen-bond acceptors (Lipinski definition) is 6. The first-order valence-electron chi connectivity index (χ1n) is 10.5. The lowest BCUT2D eigenvalue weighted by Gasteiger charge is -2.13. The number of ether oxygens (including phenoxy) is 3. The van der Waals surface area contributed by atoms with Crippen LogP contribution in [0.2, 0.25) is 5.02 Å². The molecule has 0 N–H and O–H groups in total. The molecule has 0 aliphatic heterocycles. The van der Waals surface area contributed by atoms with Gasteiger partial charge in [0.25, 0.3) is 0 Å². The minimum atomic E-state index is 0.125. The summed E-state index contributed by atoms with van der Waals surface area (Å²) in [6, 6.07) is 19.0. The summed E-state index contributed by atoms with van der Waals surface area (Å²) in [5, 5.41) is 4.61. The molecule has 3 rings (SSSR count). The second-order valence-corrected chi connectivity index (χ2v) is 9.46. The highest BCUT2D eigenvalue weighted by atomic mass is 35.5. The van der Waals surface area contributed by atoms with Gasteiger partial charge in [-0.25, -0.2) is 0 Å². The van der Waals surface area contributed by atoms with E-state index in [1.165, 1.54) is 18.1 Å². The van der Waals surface area contributed by atoms with Gasteiger partial charge < -0.3 is 19.0 Å². The first kappa shape index (κ1) is 27.1. The van der Waals surface area contributed by atoms with Crippen LogP contribution in [-0.4, -0.2) is 25.7 Å². The van der Waals surface area contributed by atoms with Gasteiger partial charge in [-0.3, -0.25) is 0 Å². The van der Waals surface area contributed by atoms with E-state index in [4.69, 9.17) is 53.9 Å². The first-order valence-corrected chi connectivity index (χ1v) is 12.8. The normalized spacial score (nSPS) is 11.1. The van der Waals surface area contributed by atoms with Crippen LogP contribution in [0.3, 0.4) is 0 Å². The van der Waals surface area contributed by atoms with Gasteiger partial charge in [0.15, 0.2) is 0 Å². The number of hydrogen-bond donors (Lipinski definition) is 0. The summed E-state index contributed by atoms with van der Waals surface area (Å²) in [5.74, 6) is 2.52. The quantitative estimate of drug-likeness (QED) is 0.136. The van der Waals surface area contributed by atoms with Gasteiger partial charge in [0.05, 0.1) is 17.8 Å². The fraction of sp³-hybridized carbons (Fsp3) is 0.192. The van der Waals surface area contributed by atoms with E-state index in [2.05, 4.69) is 5.16 Å². The number of methoxy groups -OCH3 is 1. The van der Waals surface area contributed by atoms with E-state index in [1.807, 2.05) is 54.8 Å². The van der Waals surface area contributed by atoms with Crippen LogP contribution in [0.5, 0.6) is 23.0 Å². The van der Waals surface area contributed by atoms with Gasteiger partial charge in [-0.15, -0.1) is 11.8 Å². The molecular formula is C26H24Cl3NO4S. The summed E-state index contributed by atoms with van der Waals surface area (Å²) in [5.41, 5.74) is 2.17. The fourth-order valence-electron chi connectivity index (χ4n) is 3.02. The Hall–Kier alpha value is -2.51. The molecule has 0 fully saturated rings. The molecular weight excluding hydrogens is 529 g/mol. The lowest BCUT2D eigenvalue weighted by Crippen LogP contribution is -2.03. The van der Waals surface area contributed by atoms with Crippen molar-refractivity contribution in [3.63, 3.8) is 0 Å². The van der Waals surface area contributed by atoms with Crippen LogP contribution in [0.1, 0.15) is 18.1 Å². The fourth-order valence-corrected chi connectivity index (χ4v) is 3.84. The predicted octanol–water partition coefficient (Wildman–Crippen LogP) is 8.50. The van der Waals surface area contributed by atoms with E-state index in [-0.39, 0.29) is 17.7 Å². The summed E-state index contributed by atoms with van der Waals surface area (Å²) in [6.07, 6.45) is 3.57. The predicted molar refractivity (Wildman–Crippen MR) is 145 cm³/mol. The molecule has 184 valence electrons. The number of nitrogens with zero attached hydrogens (tertiary/aromatic N) is 1. The Morgan fingerprint density at radius 3 is 2.23 bits per heavy atom. The van der Waals surface area contributed by atoms with Crippen molar-refractivity contribution in [2.45, 2.75) is 18.4 Å². The van der Waals surface area contributed by atoms with Gasteiger partial charge in [0.1, 0.15) is 40.7 Å². The molecule has 35 heavy (non-hydrogen) atoms. The zero-order chi connectivity index (χ0) is 25.2. The average Bonchev–Trinajstić information content (AvgIpc) is 2.85. The van der Waals surface area contributed by atoms with Gasteiger partial charge in [-0.1, -0.05) is 52.1 Å². The van der Waals surface area contributed by atoms with Crippen LogP contribution in [0.25, 0.3) is 0 Å². The SMILES string of the molecule is COc1c(Cl)cc(OCC=C(Cl)Cl)cc1/C(C)=N/OCc1ccc(Oc2ccc(SC)cc2)cc1. The van der Waals surface area contributed by atoms with Gasteiger partial charge >= 0.3 is 0 Å². The molecule has 0 unspecified atom stereocenters. The van der Waals surface area contributed by atoms with Crippen LogP contribution in [0.4, 0.5) is 0 Å². The van der Waals surface area contributed by atoms with Gasteiger partial charge in [-0.2, -0.15) is 0 Å². The molecule has 0 aromatic heterocycles. The van der Waals surface area contributed by atoms with E-state index >= 15 is 0 Å². The van der Waals surface area contributed by atoms with Crippen molar-refractivity contribution in [3.05, 3.63) is 87.4 Å². The molecule has 0 saturated carbocycles. The molecule has 0 saturated heterocycles. The van der Waals surface area contributed by atoms with Crippen LogP contribution in [0, 0.1) is 0 Å². The van der Waals surface area contributed by atoms with Gasteiger partial charge in [0.2, 0.25) is 0 Å². The van der Waals surface area contributed by atoms with Crippen LogP contribution in [-0.2, 0) is 11.4 Å². The number of halogens is 3. The molecule has 0 heterocycles. The third-order valence-corrected chi connectivity index (χ3v) is 6.08. The Kier molecular flexibility index (Phi) is 10.5. The topological polar surface area (TPSA) is 49.3 Å². The maximum absolute atomic E-state index is 6.36. The molecule has 0 aliphatic carbocycles. The minimum Gasteiger partial charge on any atom is -0.494 e. The van der Waals surface area contributed by atoms with Crippen molar-refractivity contribution in [2.75, 3.05) is 20.0 Å². The molecule has 0 bridgehead atoms. The second kappa shape index (κ2) is 13.5. The standard InChI is InChI=1S/C26H24Cl3NO4S/c1-17(23-14-21(32-13-12-25(28)29)15-24(27)26(23)31-2)30-33-16-18-4-6-19(7-5-18)34-20-8-10-22(35-3)11-9-20/h4-12,14-15H,13,16H2,1-3H3/b30-17+. The number of benzene rings is 3. The highest BCUT2D eigenvalue weighted by Gasteiger charge is 2.14. The molecule has 3 aromatic carbocycles. The second-order valence-electron chi connectivity index (χ2n) is 7.16. The summed E-state index contributed by atoms with van der Waals surface area (Å²) in [4.78, 5) is 6.76. The van der Waals surface area contributed by atoms with Crippen molar-refractivity contribution in [1.82, 2.24) is 0 Å². The third kappa shape index (κ3) is 8.29. The molecule has 0 atom stereocenters. The van der Waals surface area contributed by atoms with E-state index in [9.17, 15) is 0 Å². The Morgan fingerprint density at radius 2 is 1.63 bits per heavy atom. The summed E-state index contributed by atoms with van der Waals surface area (Å²) >= 11 is 19.3. The molecule has 0 amide bonds. The van der Waals surface area contributed by atoms with E-state index in [0.717, 1.165) is 17.1 Å². The highest BCUT2D eigenvalue weighted by Crippen LogP contribution is 2.34. The Balaban J connectivity index is 1.63. The minimum absolute atomic E-state index is 0.125. The van der Waals surface area contributed by atoms with E-state index < -0.39 is 0 Å². The van der Waals surface area contributed by atoms with E-state index in [1.54, 1.807) is 30.8 Å². The highest BCUT2D eigenvalue weighted by molar-refractivity contribution is 7.98. The lowest BCUT2D eigenvalue weighted by atomic mass is 10.1. The van der Waals surface area contributed by atoms with Crippen LogP contribution >= 0.6 is 46.6 Å². The number of rotatable bonds is 11. The van der Waals surface area contributed by atoms with Crippen molar-refractivity contribution in [1.29, 1.82) is 0 Å². The molecule has 0 aliphatic rings.